The molecule has 0 unspecified atom stereocenters. The van der Waals surface area contributed by atoms with Crippen molar-refractivity contribution in [3.05, 3.63) is 83.7 Å². The highest BCUT2D eigenvalue weighted by Crippen LogP contribution is 2.31. The number of aromatic hydroxyl groups is 1. The average Bonchev–Trinajstić information content (AvgIpc) is 2.70. The molecule has 0 atom stereocenters. The summed E-state index contributed by atoms with van der Waals surface area (Å²) in [5.74, 6) is -1.36. The Morgan fingerprint density at radius 1 is 1.03 bits per heavy atom. The summed E-state index contributed by atoms with van der Waals surface area (Å²) in [6.45, 7) is 0. The fourth-order valence-corrected chi connectivity index (χ4v) is 2.71. The first kappa shape index (κ1) is 20.0. The van der Waals surface area contributed by atoms with Crippen molar-refractivity contribution in [3.8, 4) is 16.9 Å². The molecule has 0 heterocycles. The number of phenols is 1. The third-order valence-electron chi connectivity index (χ3n) is 3.98. The van der Waals surface area contributed by atoms with Gasteiger partial charge < -0.3 is 15.5 Å². The number of carboxylic acid groups (broad SMARTS) is 1. The molecule has 8 heteroatoms. The Bertz CT molecular complexity index is 1070. The van der Waals surface area contributed by atoms with Crippen molar-refractivity contribution in [2.45, 2.75) is 0 Å². The standard InChI is InChI=1S/C21H16FN3O3S/c22-16-8-4-13(5-9-16)18-3-1-2-15(19(18)26)12-23-25-21(29)24-17-10-6-14(7-11-17)20(27)28/h1-12,26H,(H,27,28)(H2,24,25,29). The fourth-order valence-electron chi connectivity index (χ4n) is 2.54. The van der Waals surface area contributed by atoms with Crippen molar-refractivity contribution >= 4 is 35.2 Å². The maximum Gasteiger partial charge on any atom is 0.335 e. The number of aromatic carboxylic acids is 1. The number of carboxylic acids is 1. The minimum atomic E-state index is -1.01. The molecule has 0 amide bonds. The molecule has 0 radical (unpaired) electrons. The first-order valence-electron chi connectivity index (χ1n) is 8.45. The van der Waals surface area contributed by atoms with Gasteiger partial charge in [-0.15, -0.1) is 0 Å². The lowest BCUT2D eigenvalue weighted by Crippen LogP contribution is -2.23. The van der Waals surface area contributed by atoms with Gasteiger partial charge in [-0.05, 0) is 60.2 Å². The molecule has 4 N–H and O–H groups in total. The fraction of sp³-hybridized carbons (Fsp3) is 0. The Morgan fingerprint density at radius 2 is 1.72 bits per heavy atom. The van der Waals surface area contributed by atoms with Gasteiger partial charge in [-0.1, -0.05) is 24.3 Å². The van der Waals surface area contributed by atoms with E-state index in [2.05, 4.69) is 15.8 Å². The summed E-state index contributed by atoms with van der Waals surface area (Å²) in [5, 5.41) is 26.4. The van der Waals surface area contributed by atoms with Crippen molar-refractivity contribution in [3.63, 3.8) is 0 Å². The molecular formula is C21H16FN3O3S. The Labute approximate surface area is 171 Å². The third kappa shape index (κ3) is 5.14. The second-order valence-corrected chi connectivity index (χ2v) is 6.37. The predicted octanol–water partition coefficient (Wildman–Crippen LogP) is 4.22. The highest BCUT2D eigenvalue weighted by molar-refractivity contribution is 7.80. The van der Waals surface area contributed by atoms with Crippen LogP contribution in [0.2, 0.25) is 0 Å². The Balaban J connectivity index is 1.65. The van der Waals surface area contributed by atoms with E-state index >= 15 is 0 Å². The van der Waals surface area contributed by atoms with Crippen molar-refractivity contribution < 1.29 is 19.4 Å². The molecular weight excluding hydrogens is 393 g/mol. The molecule has 0 aliphatic rings. The number of nitrogens with zero attached hydrogens (tertiary/aromatic N) is 1. The van der Waals surface area contributed by atoms with E-state index in [1.165, 1.54) is 30.5 Å². The molecule has 6 nitrogen and oxygen atoms in total. The number of hydrazone groups is 1. The molecule has 0 aromatic heterocycles. The van der Waals surface area contributed by atoms with Crippen molar-refractivity contribution in [2.75, 3.05) is 5.32 Å². The molecule has 3 rings (SSSR count). The zero-order valence-electron chi connectivity index (χ0n) is 15.0. The van der Waals surface area contributed by atoms with E-state index < -0.39 is 5.97 Å². The first-order valence-corrected chi connectivity index (χ1v) is 8.86. The van der Waals surface area contributed by atoms with Gasteiger partial charge in [-0.25, -0.2) is 9.18 Å². The number of benzene rings is 3. The van der Waals surface area contributed by atoms with E-state index in [0.717, 1.165) is 0 Å². The summed E-state index contributed by atoms with van der Waals surface area (Å²) in [6.07, 6.45) is 1.41. The van der Waals surface area contributed by atoms with Gasteiger partial charge in [-0.3, -0.25) is 5.43 Å². The lowest BCUT2D eigenvalue weighted by atomic mass is 10.0. The van der Waals surface area contributed by atoms with E-state index in [-0.39, 0.29) is 22.2 Å². The normalized spacial score (nSPS) is 10.7. The predicted molar refractivity (Wildman–Crippen MR) is 114 cm³/mol. The Morgan fingerprint density at radius 3 is 2.38 bits per heavy atom. The number of nitrogens with one attached hydrogen (secondary N) is 2. The molecule has 0 aliphatic carbocycles. The number of hydrogen-bond acceptors (Lipinski definition) is 4. The number of phenolic OH excluding ortho intramolecular Hbond substituents is 1. The molecule has 0 fully saturated rings. The summed E-state index contributed by atoms with van der Waals surface area (Å²) in [7, 11) is 0. The highest BCUT2D eigenvalue weighted by Gasteiger charge is 2.08. The summed E-state index contributed by atoms with van der Waals surface area (Å²) in [4.78, 5) is 10.9. The number of rotatable bonds is 5. The molecule has 0 spiro atoms. The van der Waals surface area contributed by atoms with Crippen LogP contribution >= 0.6 is 12.2 Å². The number of anilines is 1. The van der Waals surface area contributed by atoms with Crippen LogP contribution in [0.15, 0.2) is 71.8 Å². The maximum atomic E-state index is 13.1. The topological polar surface area (TPSA) is 94.0 Å². The molecule has 0 aliphatic heterocycles. The molecule has 0 saturated heterocycles. The second-order valence-electron chi connectivity index (χ2n) is 5.96. The van der Waals surface area contributed by atoms with Gasteiger partial charge >= 0.3 is 5.97 Å². The summed E-state index contributed by atoms with van der Waals surface area (Å²) < 4.78 is 13.1. The van der Waals surface area contributed by atoms with Gasteiger partial charge in [0.05, 0.1) is 11.8 Å². The molecule has 29 heavy (non-hydrogen) atoms. The van der Waals surface area contributed by atoms with Crippen molar-refractivity contribution in [2.24, 2.45) is 5.10 Å². The maximum absolute atomic E-state index is 13.1. The lowest BCUT2D eigenvalue weighted by molar-refractivity contribution is 0.0697. The molecule has 0 saturated carbocycles. The smallest absolute Gasteiger partial charge is 0.335 e. The zero-order valence-corrected chi connectivity index (χ0v) is 15.8. The minimum absolute atomic E-state index is 0.00722. The first-order chi connectivity index (χ1) is 13.9. The largest absolute Gasteiger partial charge is 0.507 e. The zero-order chi connectivity index (χ0) is 20.8. The molecule has 3 aromatic carbocycles. The highest BCUT2D eigenvalue weighted by atomic mass is 32.1. The van der Waals surface area contributed by atoms with E-state index in [4.69, 9.17) is 17.3 Å². The Hall–Kier alpha value is -3.78. The molecule has 0 bridgehead atoms. The summed E-state index contributed by atoms with van der Waals surface area (Å²) in [6, 6.07) is 17.0. The van der Waals surface area contributed by atoms with E-state index in [1.54, 1.807) is 42.5 Å². The van der Waals surface area contributed by atoms with Crippen LogP contribution in [-0.2, 0) is 0 Å². The summed E-state index contributed by atoms with van der Waals surface area (Å²) >= 11 is 5.13. The van der Waals surface area contributed by atoms with Crippen LogP contribution in [0.25, 0.3) is 11.1 Å². The number of halogens is 1. The van der Waals surface area contributed by atoms with Crippen LogP contribution in [0.5, 0.6) is 5.75 Å². The van der Waals surface area contributed by atoms with E-state index in [1.807, 2.05) is 0 Å². The number of hydrogen-bond donors (Lipinski definition) is 4. The van der Waals surface area contributed by atoms with Crippen LogP contribution in [0.4, 0.5) is 10.1 Å². The molecule has 146 valence electrons. The minimum Gasteiger partial charge on any atom is -0.507 e. The summed E-state index contributed by atoms with van der Waals surface area (Å²) in [5.41, 5.74) is 5.07. The van der Waals surface area contributed by atoms with Gasteiger partial charge in [0.2, 0.25) is 0 Å². The van der Waals surface area contributed by atoms with Gasteiger partial charge in [-0.2, -0.15) is 5.10 Å². The van der Waals surface area contributed by atoms with Crippen LogP contribution in [0.3, 0.4) is 0 Å². The van der Waals surface area contributed by atoms with Crippen LogP contribution < -0.4 is 10.7 Å². The van der Waals surface area contributed by atoms with E-state index in [0.29, 0.717) is 22.4 Å². The van der Waals surface area contributed by atoms with Crippen LogP contribution in [-0.4, -0.2) is 27.5 Å². The Kier molecular flexibility index (Phi) is 6.16. The average molecular weight is 409 g/mol. The van der Waals surface area contributed by atoms with Crippen molar-refractivity contribution in [1.82, 2.24) is 5.43 Å². The quantitative estimate of drug-likeness (QED) is 0.286. The SMILES string of the molecule is O=C(O)c1ccc(NC(=S)NN=Cc2cccc(-c3ccc(F)cc3)c2O)cc1. The molecule has 3 aromatic rings. The van der Waals surface area contributed by atoms with Gasteiger partial charge in [0.1, 0.15) is 11.6 Å². The number of thiocarbonyl (C=S) groups is 1. The third-order valence-corrected chi connectivity index (χ3v) is 4.18. The monoisotopic (exact) mass is 409 g/mol. The van der Waals surface area contributed by atoms with Crippen molar-refractivity contribution in [1.29, 1.82) is 0 Å². The van der Waals surface area contributed by atoms with Crippen LogP contribution in [0.1, 0.15) is 15.9 Å². The second kappa shape index (κ2) is 8.94. The van der Waals surface area contributed by atoms with Gasteiger partial charge in [0.25, 0.3) is 0 Å². The van der Waals surface area contributed by atoms with Gasteiger partial charge in [0.15, 0.2) is 5.11 Å². The van der Waals surface area contributed by atoms with E-state index in [9.17, 15) is 14.3 Å². The van der Waals surface area contributed by atoms with Crippen LogP contribution in [0, 0.1) is 5.82 Å². The lowest BCUT2D eigenvalue weighted by Gasteiger charge is -2.08. The van der Waals surface area contributed by atoms with Gasteiger partial charge in [0, 0.05) is 16.8 Å². The number of para-hydroxylation sites is 1. The number of carbonyl (C=O) groups is 1.